The number of nitrogens with two attached hydrogens (primary N) is 1. The fraction of sp³-hybridized carbons (Fsp3) is 0.136. The van der Waals surface area contributed by atoms with Crippen molar-refractivity contribution in [3.8, 4) is 11.3 Å². The van der Waals surface area contributed by atoms with E-state index in [9.17, 15) is 9.90 Å². The summed E-state index contributed by atoms with van der Waals surface area (Å²) < 4.78 is 6.23. The Morgan fingerprint density at radius 2 is 2.07 bits per heavy atom. The lowest BCUT2D eigenvalue weighted by Crippen LogP contribution is -2.12. The number of aromatic nitrogens is 3. The first-order valence-electron chi connectivity index (χ1n) is 9.15. The molecule has 8 heteroatoms. The molecule has 1 aromatic carbocycles. The smallest absolute Gasteiger partial charge is 0.356 e. The molecule has 4 aromatic rings. The van der Waals surface area contributed by atoms with Gasteiger partial charge in [0.1, 0.15) is 11.8 Å². The number of aliphatic hydroxyl groups excluding tert-OH is 1. The minimum atomic E-state index is -1.15. The maximum atomic E-state index is 11.9. The van der Waals surface area contributed by atoms with Crippen LogP contribution < -0.4 is 5.84 Å². The summed E-state index contributed by atoms with van der Waals surface area (Å²) in [6.07, 6.45) is 2.17. The third-order valence-corrected chi connectivity index (χ3v) is 5.38. The van der Waals surface area contributed by atoms with Crippen LogP contribution in [0.1, 0.15) is 33.4 Å². The standard InChI is InChI=1S/C22H19ClN4O3/c1-12-9-14-18(10-15(12)23)27(24)20(13-5-4-8-25-11-13)19(14)21(28)16-6-3-7-17(26-16)22(29)30-2/h3-11,21,28H,24H2,1-2H3. The van der Waals surface area contributed by atoms with E-state index in [4.69, 9.17) is 22.2 Å². The molecule has 152 valence electrons. The number of aliphatic hydroxyl groups is 1. The Bertz CT molecular complexity index is 1250. The van der Waals surface area contributed by atoms with Crippen LogP contribution in [0.5, 0.6) is 0 Å². The Balaban J connectivity index is 2.00. The first-order chi connectivity index (χ1) is 14.4. The van der Waals surface area contributed by atoms with Crippen LogP contribution in [-0.4, -0.2) is 32.8 Å². The number of carbonyl (C=O) groups excluding carboxylic acids is 1. The Labute approximate surface area is 177 Å². The Hall–Kier alpha value is -3.42. The average molecular weight is 423 g/mol. The monoisotopic (exact) mass is 422 g/mol. The number of pyridine rings is 2. The van der Waals surface area contributed by atoms with Crippen molar-refractivity contribution < 1.29 is 14.6 Å². The molecule has 0 aliphatic heterocycles. The second-order valence-corrected chi connectivity index (χ2v) is 7.24. The third-order valence-electron chi connectivity index (χ3n) is 4.98. The third kappa shape index (κ3) is 3.28. The van der Waals surface area contributed by atoms with E-state index in [1.54, 1.807) is 36.7 Å². The van der Waals surface area contributed by atoms with Gasteiger partial charge in [-0.25, -0.2) is 9.78 Å². The molecule has 3 aromatic heterocycles. The van der Waals surface area contributed by atoms with Gasteiger partial charge in [-0.15, -0.1) is 0 Å². The summed E-state index contributed by atoms with van der Waals surface area (Å²) in [7, 11) is 1.28. The number of hydrogen-bond acceptors (Lipinski definition) is 6. The van der Waals surface area contributed by atoms with Crippen LogP contribution in [0.15, 0.2) is 54.9 Å². The van der Waals surface area contributed by atoms with E-state index in [-0.39, 0.29) is 5.69 Å². The second-order valence-electron chi connectivity index (χ2n) is 6.83. The normalized spacial score (nSPS) is 12.1. The van der Waals surface area contributed by atoms with E-state index in [1.807, 2.05) is 19.1 Å². The van der Waals surface area contributed by atoms with Crippen molar-refractivity contribution in [2.45, 2.75) is 13.0 Å². The molecule has 0 fully saturated rings. The van der Waals surface area contributed by atoms with Crippen molar-refractivity contribution >= 4 is 28.5 Å². The highest BCUT2D eigenvalue weighted by atomic mass is 35.5. The van der Waals surface area contributed by atoms with E-state index in [1.165, 1.54) is 17.9 Å². The number of methoxy groups -OCH3 is 1. The second kappa shape index (κ2) is 7.78. The lowest BCUT2D eigenvalue weighted by Gasteiger charge is -2.14. The number of fused-ring (bicyclic) bond motifs is 1. The van der Waals surface area contributed by atoms with Crippen molar-refractivity contribution in [2.24, 2.45) is 0 Å². The maximum Gasteiger partial charge on any atom is 0.356 e. The van der Waals surface area contributed by atoms with Crippen LogP contribution in [-0.2, 0) is 4.74 Å². The molecule has 0 aliphatic rings. The number of halogens is 1. The van der Waals surface area contributed by atoms with Gasteiger partial charge in [-0.05, 0) is 48.9 Å². The van der Waals surface area contributed by atoms with E-state index < -0.39 is 12.1 Å². The van der Waals surface area contributed by atoms with E-state index in [0.717, 1.165) is 16.5 Å². The summed E-state index contributed by atoms with van der Waals surface area (Å²) >= 11 is 6.33. The van der Waals surface area contributed by atoms with Gasteiger partial charge >= 0.3 is 5.97 Å². The summed E-state index contributed by atoms with van der Waals surface area (Å²) in [5.74, 6) is 5.85. The zero-order valence-electron chi connectivity index (χ0n) is 16.3. The maximum absolute atomic E-state index is 11.9. The molecule has 0 aliphatic carbocycles. The number of benzene rings is 1. The zero-order chi connectivity index (χ0) is 21.4. The van der Waals surface area contributed by atoms with Crippen molar-refractivity contribution in [1.82, 2.24) is 14.6 Å². The molecule has 0 spiro atoms. The first kappa shape index (κ1) is 19.9. The number of aryl methyl sites for hydroxylation is 1. The lowest BCUT2D eigenvalue weighted by atomic mass is 9.98. The summed E-state index contributed by atoms with van der Waals surface area (Å²) in [6, 6.07) is 12.1. The number of rotatable bonds is 4. The van der Waals surface area contributed by atoms with Crippen LogP contribution in [0.4, 0.5) is 0 Å². The van der Waals surface area contributed by atoms with Crippen molar-refractivity contribution in [3.63, 3.8) is 0 Å². The molecular weight excluding hydrogens is 404 g/mol. The van der Waals surface area contributed by atoms with Gasteiger partial charge in [0.05, 0.1) is 24.0 Å². The van der Waals surface area contributed by atoms with Crippen LogP contribution in [0.2, 0.25) is 5.02 Å². The summed E-state index contributed by atoms with van der Waals surface area (Å²) in [5.41, 5.74) is 3.76. The molecule has 1 unspecified atom stereocenters. The van der Waals surface area contributed by atoms with E-state index >= 15 is 0 Å². The summed E-state index contributed by atoms with van der Waals surface area (Å²) in [6.45, 7) is 1.88. The van der Waals surface area contributed by atoms with E-state index in [0.29, 0.717) is 27.5 Å². The van der Waals surface area contributed by atoms with Crippen LogP contribution in [0.3, 0.4) is 0 Å². The molecule has 3 heterocycles. The topological polar surface area (TPSA) is 103 Å². The van der Waals surface area contributed by atoms with Gasteiger partial charge in [0, 0.05) is 33.9 Å². The molecule has 30 heavy (non-hydrogen) atoms. The van der Waals surface area contributed by atoms with Gasteiger partial charge in [-0.1, -0.05) is 17.7 Å². The van der Waals surface area contributed by atoms with Crippen molar-refractivity contribution in [2.75, 3.05) is 13.0 Å². The summed E-state index contributed by atoms with van der Waals surface area (Å²) in [4.78, 5) is 20.4. The zero-order valence-corrected chi connectivity index (χ0v) is 17.1. The number of nitrogens with zero attached hydrogens (tertiary/aromatic N) is 3. The van der Waals surface area contributed by atoms with Gasteiger partial charge in [0.15, 0.2) is 0 Å². The van der Waals surface area contributed by atoms with Gasteiger partial charge in [-0.2, -0.15) is 0 Å². The SMILES string of the molecule is COC(=O)c1cccc(C(O)c2c(-c3cccnc3)n(N)c3cc(Cl)c(C)cc23)n1. The van der Waals surface area contributed by atoms with Gasteiger partial charge in [0.25, 0.3) is 0 Å². The fourth-order valence-electron chi connectivity index (χ4n) is 3.51. The van der Waals surface area contributed by atoms with Gasteiger partial charge in [0.2, 0.25) is 0 Å². The lowest BCUT2D eigenvalue weighted by molar-refractivity contribution is 0.0593. The first-order valence-corrected chi connectivity index (χ1v) is 9.53. The molecule has 3 N–H and O–H groups in total. The molecular formula is C22H19ClN4O3. The Morgan fingerprint density at radius 1 is 1.27 bits per heavy atom. The molecule has 4 rings (SSSR count). The molecule has 0 bridgehead atoms. The predicted octanol–water partition coefficient (Wildman–Crippen LogP) is 3.64. The highest BCUT2D eigenvalue weighted by Crippen LogP contribution is 2.40. The average Bonchev–Trinajstić information content (AvgIpc) is 3.05. The number of carbonyl (C=O) groups is 1. The molecule has 0 radical (unpaired) electrons. The molecule has 0 saturated heterocycles. The minimum absolute atomic E-state index is 0.104. The highest BCUT2D eigenvalue weighted by Gasteiger charge is 2.26. The molecule has 1 atom stereocenters. The number of esters is 1. The fourth-order valence-corrected chi connectivity index (χ4v) is 3.67. The predicted molar refractivity (Wildman–Crippen MR) is 115 cm³/mol. The molecule has 7 nitrogen and oxygen atoms in total. The Kier molecular flexibility index (Phi) is 5.15. The van der Waals surface area contributed by atoms with Crippen LogP contribution in [0, 0.1) is 6.92 Å². The largest absolute Gasteiger partial charge is 0.464 e. The van der Waals surface area contributed by atoms with Crippen LogP contribution in [0.25, 0.3) is 22.2 Å². The minimum Gasteiger partial charge on any atom is -0.464 e. The summed E-state index contributed by atoms with van der Waals surface area (Å²) in [5, 5.41) is 12.6. The Morgan fingerprint density at radius 3 is 2.77 bits per heavy atom. The highest BCUT2D eigenvalue weighted by molar-refractivity contribution is 6.32. The number of nitrogen functional groups attached to an aromatic ring is 1. The molecule has 0 amide bonds. The van der Waals surface area contributed by atoms with E-state index in [2.05, 4.69) is 9.97 Å². The van der Waals surface area contributed by atoms with Gasteiger partial charge < -0.3 is 15.7 Å². The van der Waals surface area contributed by atoms with Gasteiger partial charge in [-0.3, -0.25) is 9.66 Å². The quantitative estimate of drug-likeness (QED) is 0.384. The number of ether oxygens (including phenoxy) is 1. The number of hydrogen-bond donors (Lipinski definition) is 2. The van der Waals surface area contributed by atoms with Crippen LogP contribution >= 0.6 is 11.6 Å². The molecule has 0 saturated carbocycles. The van der Waals surface area contributed by atoms with Crippen molar-refractivity contribution in [1.29, 1.82) is 0 Å². The van der Waals surface area contributed by atoms with Crippen molar-refractivity contribution in [3.05, 3.63) is 82.4 Å².